The maximum atomic E-state index is 12.6. The van der Waals surface area contributed by atoms with Gasteiger partial charge in [-0.05, 0) is 57.0 Å². The number of pyridine rings is 1. The van der Waals surface area contributed by atoms with Gasteiger partial charge in [0.1, 0.15) is 5.75 Å². The molecule has 2 aromatic heterocycles. The van der Waals surface area contributed by atoms with Gasteiger partial charge in [-0.1, -0.05) is 0 Å². The molecule has 6 nitrogen and oxygen atoms in total. The highest BCUT2D eigenvalue weighted by molar-refractivity contribution is 7.15. The third kappa shape index (κ3) is 4.57. The number of carbonyl (C=O) groups excluding carboxylic acids is 1. The Morgan fingerprint density at radius 3 is 2.87 bits per heavy atom. The number of aromatic nitrogens is 1. The molecule has 0 saturated heterocycles. The number of nitrogens with one attached hydrogen (secondary N) is 1. The first-order valence-electron chi connectivity index (χ1n) is 10.1. The molecule has 1 aromatic carbocycles. The number of fused-ring (bicyclic) bond motifs is 1. The van der Waals surface area contributed by atoms with E-state index in [1.165, 1.54) is 4.88 Å². The number of aryl methyl sites for hydroxylation is 1. The molecule has 30 heavy (non-hydrogen) atoms. The van der Waals surface area contributed by atoms with E-state index < -0.39 is 0 Å². The second-order valence-electron chi connectivity index (χ2n) is 7.11. The lowest BCUT2D eigenvalue weighted by molar-refractivity contribution is 0.0953. The summed E-state index contributed by atoms with van der Waals surface area (Å²) in [5.41, 5.74) is 3.28. The van der Waals surface area contributed by atoms with Crippen LogP contribution < -0.4 is 10.1 Å². The fourth-order valence-electron chi connectivity index (χ4n) is 3.37. The standard InChI is InChI=1S/C23H24N4O2S/c1-3-29-21-14-20(22-9-6-15(2)30-22)26-19-13-16(7-8-18(19)21)23(28)24-11-4-5-17-10-12-25-27-17/h6-9,12-14H,3-5,10-11H2,1-2H3,(H,24,28). The van der Waals surface area contributed by atoms with Gasteiger partial charge >= 0.3 is 0 Å². The van der Waals surface area contributed by atoms with Crippen LogP contribution in [0.25, 0.3) is 21.5 Å². The Labute approximate surface area is 179 Å². The molecule has 1 aliphatic heterocycles. The highest BCUT2D eigenvalue weighted by Crippen LogP contribution is 2.33. The van der Waals surface area contributed by atoms with Gasteiger partial charge in [-0.2, -0.15) is 10.2 Å². The molecule has 154 valence electrons. The lowest BCUT2D eigenvalue weighted by atomic mass is 10.1. The first kappa shape index (κ1) is 20.2. The number of benzene rings is 1. The minimum absolute atomic E-state index is 0.0985. The predicted octanol–water partition coefficient (Wildman–Crippen LogP) is 5.01. The van der Waals surface area contributed by atoms with Crippen LogP contribution in [0, 0.1) is 6.92 Å². The van der Waals surface area contributed by atoms with Crippen LogP contribution in [-0.2, 0) is 0 Å². The summed E-state index contributed by atoms with van der Waals surface area (Å²) in [5.74, 6) is 0.689. The van der Waals surface area contributed by atoms with E-state index in [0.717, 1.165) is 52.2 Å². The average molecular weight is 421 g/mol. The van der Waals surface area contributed by atoms with Gasteiger partial charge in [-0.15, -0.1) is 11.3 Å². The fourth-order valence-corrected chi connectivity index (χ4v) is 4.20. The van der Waals surface area contributed by atoms with Gasteiger partial charge in [-0.25, -0.2) is 4.98 Å². The van der Waals surface area contributed by atoms with Crippen LogP contribution in [0.1, 0.15) is 41.4 Å². The van der Waals surface area contributed by atoms with E-state index in [1.54, 1.807) is 17.6 Å². The van der Waals surface area contributed by atoms with Gasteiger partial charge in [0.15, 0.2) is 0 Å². The van der Waals surface area contributed by atoms with Crippen LogP contribution in [0.15, 0.2) is 46.6 Å². The smallest absolute Gasteiger partial charge is 0.251 e. The van der Waals surface area contributed by atoms with E-state index >= 15 is 0 Å². The monoisotopic (exact) mass is 420 g/mol. The molecule has 0 radical (unpaired) electrons. The van der Waals surface area contributed by atoms with Gasteiger partial charge < -0.3 is 10.1 Å². The van der Waals surface area contributed by atoms with Crippen LogP contribution in [0.5, 0.6) is 5.75 Å². The highest BCUT2D eigenvalue weighted by atomic mass is 32.1. The van der Waals surface area contributed by atoms with Crippen LogP contribution in [-0.4, -0.2) is 36.0 Å². The Kier molecular flexibility index (Phi) is 6.18. The zero-order chi connectivity index (χ0) is 20.9. The molecule has 0 fully saturated rings. The largest absolute Gasteiger partial charge is 0.493 e. The lowest BCUT2D eigenvalue weighted by Gasteiger charge is -2.11. The Balaban J connectivity index is 1.53. The van der Waals surface area contributed by atoms with Gasteiger partial charge in [-0.3, -0.25) is 4.79 Å². The Morgan fingerprint density at radius 1 is 1.23 bits per heavy atom. The molecule has 1 N–H and O–H groups in total. The number of rotatable bonds is 8. The van der Waals surface area contributed by atoms with Crippen molar-refractivity contribution in [1.29, 1.82) is 0 Å². The lowest BCUT2D eigenvalue weighted by Crippen LogP contribution is -2.24. The molecule has 3 heterocycles. The summed E-state index contributed by atoms with van der Waals surface area (Å²) in [6.45, 7) is 5.21. The number of amides is 1. The molecular formula is C23H24N4O2S. The molecule has 3 aromatic rings. The maximum Gasteiger partial charge on any atom is 0.251 e. The number of thiophene rings is 1. The highest BCUT2D eigenvalue weighted by Gasteiger charge is 2.13. The van der Waals surface area contributed by atoms with E-state index in [4.69, 9.17) is 9.72 Å². The summed E-state index contributed by atoms with van der Waals surface area (Å²) in [6, 6.07) is 11.7. The van der Waals surface area contributed by atoms with Crippen molar-refractivity contribution in [3.05, 3.63) is 46.8 Å². The van der Waals surface area contributed by atoms with E-state index in [-0.39, 0.29) is 5.91 Å². The predicted molar refractivity (Wildman–Crippen MR) is 123 cm³/mol. The van der Waals surface area contributed by atoms with Gasteiger partial charge in [0.25, 0.3) is 5.91 Å². The Hall–Kier alpha value is -3.06. The second kappa shape index (κ2) is 9.17. The summed E-state index contributed by atoms with van der Waals surface area (Å²) in [4.78, 5) is 19.8. The van der Waals surface area contributed by atoms with E-state index in [9.17, 15) is 4.79 Å². The number of hydrogen-bond acceptors (Lipinski definition) is 6. The van der Waals surface area contributed by atoms with Crippen LogP contribution >= 0.6 is 11.3 Å². The SMILES string of the molecule is CCOc1cc(-c2ccc(C)s2)nc2cc(C(=O)NCCCC3=NN=CC3)ccc12. The number of nitrogens with zero attached hydrogens (tertiary/aromatic N) is 3. The average Bonchev–Trinajstić information content (AvgIpc) is 3.42. The Bertz CT molecular complexity index is 1130. The van der Waals surface area contributed by atoms with Crippen molar-refractivity contribution < 1.29 is 9.53 Å². The van der Waals surface area contributed by atoms with Crippen LogP contribution in [0.2, 0.25) is 0 Å². The number of hydrogen-bond donors (Lipinski definition) is 1. The van der Waals surface area contributed by atoms with Gasteiger partial charge in [0.05, 0.1) is 22.7 Å². The summed E-state index contributed by atoms with van der Waals surface area (Å²) in [5, 5.41) is 11.8. The molecule has 7 heteroatoms. The molecule has 1 aliphatic rings. The van der Waals surface area contributed by atoms with Gasteiger partial charge in [0, 0.05) is 46.8 Å². The first-order chi connectivity index (χ1) is 14.6. The van der Waals surface area contributed by atoms with Crippen molar-refractivity contribution >= 4 is 40.1 Å². The van der Waals surface area contributed by atoms with Crippen LogP contribution in [0.4, 0.5) is 0 Å². The van der Waals surface area contributed by atoms with Gasteiger partial charge in [0.2, 0.25) is 0 Å². The molecular weight excluding hydrogens is 396 g/mol. The third-order valence-corrected chi connectivity index (χ3v) is 5.89. The number of carbonyl (C=O) groups is 1. The van der Waals surface area contributed by atoms with E-state index in [1.807, 2.05) is 31.2 Å². The fraction of sp³-hybridized carbons (Fsp3) is 0.304. The second-order valence-corrected chi connectivity index (χ2v) is 8.40. The molecule has 0 atom stereocenters. The minimum atomic E-state index is -0.0985. The van der Waals surface area contributed by atoms with Crippen molar-refractivity contribution in [1.82, 2.24) is 10.3 Å². The number of ether oxygens (including phenoxy) is 1. The van der Waals surface area contributed by atoms with Crippen molar-refractivity contribution in [2.24, 2.45) is 10.2 Å². The quantitative estimate of drug-likeness (QED) is 0.520. The van der Waals surface area contributed by atoms with Crippen molar-refractivity contribution in [3.63, 3.8) is 0 Å². The van der Waals surface area contributed by atoms with E-state index in [0.29, 0.717) is 18.7 Å². The molecule has 0 saturated carbocycles. The van der Waals surface area contributed by atoms with Crippen molar-refractivity contribution in [2.45, 2.75) is 33.1 Å². The first-order valence-corrected chi connectivity index (χ1v) is 11.0. The van der Waals surface area contributed by atoms with E-state index in [2.05, 4.69) is 34.6 Å². The molecule has 0 bridgehead atoms. The summed E-state index contributed by atoms with van der Waals surface area (Å²) >= 11 is 1.69. The summed E-state index contributed by atoms with van der Waals surface area (Å²) in [7, 11) is 0. The Morgan fingerprint density at radius 2 is 2.13 bits per heavy atom. The third-order valence-electron chi connectivity index (χ3n) is 4.86. The van der Waals surface area contributed by atoms with Crippen molar-refractivity contribution in [2.75, 3.05) is 13.2 Å². The summed E-state index contributed by atoms with van der Waals surface area (Å²) < 4.78 is 5.86. The zero-order valence-electron chi connectivity index (χ0n) is 17.1. The molecule has 4 rings (SSSR count). The molecule has 0 aliphatic carbocycles. The topological polar surface area (TPSA) is 75.9 Å². The normalized spacial score (nSPS) is 12.9. The molecule has 0 unspecified atom stereocenters. The van der Waals surface area contributed by atoms with Crippen molar-refractivity contribution in [3.8, 4) is 16.3 Å². The maximum absolute atomic E-state index is 12.6. The van der Waals surface area contributed by atoms with Crippen LogP contribution in [0.3, 0.4) is 0 Å². The molecule has 0 spiro atoms. The zero-order valence-corrected chi connectivity index (χ0v) is 18.0. The minimum Gasteiger partial charge on any atom is -0.493 e. The molecule has 1 amide bonds. The summed E-state index contributed by atoms with van der Waals surface area (Å²) in [6.07, 6.45) is 4.31.